The molecule has 2 aliphatic rings. The first-order chi connectivity index (χ1) is 15.7. The zero-order valence-electron chi connectivity index (χ0n) is 19.9. The minimum Gasteiger partial charge on any atom is -0.508 e. The first-order valence-corrected chi connectivity index (χ1v) is 12.0. The van der Waals surface area contributed by atoms with Gasteiger partial charge in [-0.1, -0.05) is 30.7 Å². The summed E-state index contributed by atoms with van der Waals surface area (Å²) >= 11 is 0. The minimum atomic E-state index is -0.685. The maximum atomic E-state index is 13.1. The summed E-state index contributed by atoms with van der Waals surface area (Å²) in [6.45, 7) is 6.87. The number of carbonyl (C=O) groups is 1. The molecule has 1 fully saturated rings. The smallest absolute Gasteiger partial charge is 0.415 e. The Balaban J connectivity index is 1.41. The van der Waals surface area contributed by atoms with Crippen molar-refractivity contribution in [3.05, 3.63) is 59.2 Å². The number of fused-ring (bicyclic) bond motifs is 2. The second-order valence-corrected chi connectivity index (χ2v) is 10.2. The number of hydrogen-bond donors (Lipinski definition) is 3. The highest BCUT2D eigenvalue weighted by Crippen LogP contribution is 2.47. The van der Waals surface area contributed by atoms with E-state index in [9.17, 15) is 15.0 Å². The van der Waals surface area contributed by atoms with Crippen LogP contribution in [0.3, 0.4) is 0 Å². The van der Waals surface area contributed by atoms with E-state index in [0.29, 0.717) is 19.5 Å². The summed E-state index contributed by atoms with van der Waals surface area (Å²) in [5.74, 6) is 0.225. The Hall–Kier alpha value is -2.57. The molecule has 33 heavy (non-hydrogen) atoms. The van der Waals surface area contributed by atoms with E-state index in [-0.39, 0.29) is 17.4 Å². The van der Waals surface area contributed by atoms with Crippen molar-refractivity contribution in [2.45, 2.75) is 76.5 Å². The Kier molecular flexibility index (Phi) is 6.68. The summed E-state index contributed by atoms with van der Waals surface area (Å²) in [4.78, 5) is 14.8. The van der Waals surface area contributed by atoms with Crippen LogP contribution in [0.2, 0.25) is 0 Å². The van der Waals surface area contributed by atoms with Crippen LogP contribution in [0.4, 0.5) is 10.5 Å². The maximum absolute atomic E-state index is 13.1. The number of β-amino-alcohol motifs (C(OH)–C–C–N with tert-alkyl or cyclic N) is 1. The predicted molar refractivity (Wildman–Crippen MR) is 130 cm³/mol. The van der Waals surface area contributed by atoms with Crippen LogP contribution < -0.4 is 10.2 Å². The van der Waals surface area contributed by atoms with Gasteiger partial charge in [-0.05, 0) is 82.2 Å². The third-order valence-corrected chi connectivity index (χ3v) is 7.19. The summed E-state index contributed by atoms with van der Waals surface area (Å²) in [5.41, 5.74) is 2.83. The van der Waals surface area contributed by atoms with E-state index >= 15 is 0 Å². The van der Waals surface area contributed by atoms with Crippen LogP contribution in [0.1, 0.15) is 75.2 Å². The number of aromatic hydroxyl groups is 1. The van der Waals surface area contributed by atoms with Crippen molar-refractivity contribution in [1.29, 1.82) is 0 Å². The van der Waals surface area contributed by atoms with Crippen LogP contribution in [0.5, 0.6) is 5.75 Å². The summed E-state index contributed by atoms with van der Waals surface area (Å²) in [5, 5.41) is 23.7. The molecule has 1 unspecified atom stereocenters. The third-order valence-electron chi connectivity index (χ3n) is 7.19. The number of nitrogens with zero attached hydrogens (tertiary/aromatic N) is 1. The lowest BCUT2D eigenvalue weighted by molar-refractivity contribution is -0.0231. The number of para-hydroxylation sites is 1. The topological polar surface area (TPSA) is 82.0 Å². The highest BCUT2D eigenvalue weighted by Gasteiger charge is 2.45. The van der Waals surface area contributed by atoms with Gasteiger partial charge < -0.3 is 20.3 Å². The number of hydrogen-bond acceptors (Lipinski definition) is 5. The number of ether oxygens (including phenoxy) is 1. The molecule has 1 aliphatic carbocycles. The van der Waals surface area contributed by atoms with Crippen LogP contribution >= 0.6 is 0 Å². The van der Waals surface area contributed by atoms with Crippen molar-refractivity contribution in [3.8, 4) is 5.75 Å². The average Bonchev–Trinajstić information content (AvgIpc) is 2.80. The zero-order chi connectivity index (χ0) is 23.6. The number of phenols is 1. The molecule has 0 saturated heterocycles. The SMILES string of the molecule is Cc1cc(C(O)CNC(C)(C)CCN2C(=O)OC3(CCCCC3)c3ccccc32)ccc1O. The molecule has 1 heterocycles. The number of carbonyl (C=O) groups excluding carboxylic acids is 1. The second-order valence-electron chi connectivity index (χ2n) is 10.2. The number of aliphatic hydroxyl groups excluding tert-OH is 1. The summed E-state index contributed by atoms with van der Waals surface area (Å²) in [7, 11) is 0. The van der Waals surface area contributed by atoms with Crippen molar-refractivity contribution in [2.24, 2.45) is 0 Å². The van der Waals surface area contributed by atoms with Gasteiger partial charge in [0.2, 0.25) is 0 Å². The Morgan fingerprint density at radius 3 is 2.61 bits per heavy atom. The molecular formula is C27H36N2O4. The summed E-state index contributed by atoms with van der Waals surface area (Å²) < 4.78 is 6.10. The van der Waals surface area contributed by atoms with Gasteiger partial charge in [0, 0.05) is 24.2 Å². The summed E-state index contributed by atoms with van der Waals surface area (Å²) in [6, 6.07) is 13.3. The molecule has 1 spiro atoms. The van der Waals surface area contributed by atoms with Crippen molar-refractivity contribution in [1.82, 2.24) is 5.32 Å². The molecule has 2 aromatic carbocycles. The van der Waals surface area contributed by atoms with Crippen LogP contribution in [0.25, 0.3) is 0 Å². The van der Waals surface area contributed by atoms with E-state index in [0.717, 1.165) is 48.1 Å². The monoisotopic (exact) mass is 452 g/mol. The lowest BCUT2D eigenvalue weighted by atomic mass is 9.78. The quantitative estimate of drug-likeness (QED) is 0.530. The van der Waals surface area contributed by atoms with Gasteiger partial charge in [0.05, 0.1) is 11.8 Å². The van der Waals surface area contributed by atoms with Crippen molar-refractivity contribution >= 4 is 11.8 Å². The number of benzene rings is 2. The minimum absolute atomic E-state index is 0.225. The van der Waals surface area contributed by atoms with E-state index in [2.05, 4.69) is 25.2 Å². The number of anilines is 1. The largest absolute Gasteiger partial charge is 0.508 e. The van der Waals surface area contributed by atoms with Gasteiger partial charge in [0.15, 0.2) is 0 Å². The number of phenolic OH excluding ortho intramolecular Hbond substituents is 1. The van der Waals surface area contributed by atoms with Gasteiger partial charge in [0.1, 0.15) is 11.4 Å². The van der Waals surface area contributed by atoms with E-state index in [1.54, 1.807) is 23.1 Å². The molecule has 6 nitrogen and oxygen atoms in total. The molecule has 1 aliphatic heterocycles. The molecule has 6 heteroatoms. The highest BCUT2D eigenvalue weighted by molar-refractivity contribution is 5.91. The molecule has 2 aromatic rings. The van der Waals surface area contributed by atoms with Crippen LogP contribution in [0.15, 0.2) is 42.5 Å². The molecular weight excluding hydrogens is 416 g/mol. The first kappa shape index (κ1) is 23.6. The molecule has 1 saturated carbocycles. The Morgan fingerprint density at radius 1 is 1.15 bits per heavy atom. The molecule has 0 radical (unpaired) electrons. The predicted octanol–water partition coefficient (Wildman–Crippen LogP) is 5.31. The van der Waals surface area contributed by atoms with Gasteiger partial charge in [-0.3, -0.25) is 4.90 Å². The molecule has 178 valence electrons. The van der Waals surface area contributed by atoms with E-state index < -0.39 is 11.7 Å². The molecule has 4 rings (SSSR count). The Morgan fingerprint density at radius 2 is 1.88 bits per heavy atom. The highest BCUT2D eigenvalue weighted by atomic mass is 16.6. The van der Waals surface area contributed by atoms with Crippen LogP contribution in [0, 0.1) is 6.92 Å². The average molecular weight is 453 g/mol. The lowest BCUT2D eigenvalue weighted by Crippen LogP contribution is -2.50. The molecule has 0 bridgehead atoms. The van der Waals surface area contributed by atoms with Gasteiger partial charge >= 0.3 is 6.09 Å². The van der Waals surface area contributed by atoms with Gasteiger partial charge in [0.25, 0.3) is 0 Å². The Bertz CT molecular complexity index is 997. The van der Waals surface area contributed by atoms with Crippen molar-refractivity contribution in [2.75, 3.05) is 18.0 Å². The number of nitrogens with one attached hydrogen (secondary N) is 1. The standard InChI is InChI=1S/C27H36N2O4/c1-19-17-20(11-12-23(19)30)24(31)18-28-26(2,3)15-16-29-22-10-6-5-9-21(22)27(33-25(29)32)13-7-4-8-14-27/h5-6,9-12,17,24,28,30-31H,4,7-8,13-16,18H2,1-3H3. The van der Waals surface area contributed by atoms with Crippen molar-refractivity contribution in [3.63, 3.8) is 0 Å². The van der Waals surface area contributed by atoms with E-state index in [1.807, 2.05) is 25.1 Å². The fraction of sp³-hybridized carbons (Fsp3) is 0.519. The molecule has 3 N–H and O–H groups in total. The molecule has 0 aromatic heterocycles. The number of aliphatic hydroxyl groups is 1. The number of rotatable bonds is 7. The van der Waals surface area contributed by atoms with Crippen LogP contribution in [-0.4, -0.2) is 34.9 Å². The van der Waals surface area contributed by atoms with Crippen LogP contribution in [-0.2, 0) is 10.3 Å². The van der Waals surface area contributed by atoms with Gasteiger partial charge in [-0.25, -0.2) is 4.79 Å². The second kappa shape index (κ2) is 9.35. The zero-order valence-corrected chi connectivity index (χ0v) is 19.9. The lowest BCUT2D eigenvalue weighted by Gasteiger charge is -2.45. The number of amides is 1. The van der Waals surface area contributed by atoms with E-state index in [4.69, 9.17) is 4.74 Å². The first-order valence-electron chi connectivity index (χ1n) is 12.0. The number of aryl methyl sites for hydroxylation is 1. The van der Waals surface area contributed by atoms with Gasteiger partial charge in [-0.2, -0.15) is 0 Å². The molecule has 1 amide bonds. The fourth-order valence-electron chi connectivity index (χ4n) is 5.03. The fourth-order valence-corrected chi connectivity index (χ4v) is 5.03. The maximum Gasteiger partial charge on any atom is 0.415 e. The van der Waals surface area contributed by atoms with Crippen molar-refractivity contribution < 1.29 is 19.7 Å². The van der Waals surface area contributed by atoms with Gasteiger partial charge in [-0.15, -0.1) is 0 Å². The van der Waals surface area contributed by atoms with E-state index in [1.165, 1.54) is 6.42 Å². The molecule has 1 atom stereocenters. The normalized spacial score (nSPS) is 18.7. The summed E-state index contributed by atoms with van der Waals surface area (Å²) in [6.07, 6.45) is 4.91. The third kappa shape index (κ3) is 5.02. The Labute approximate surface area is 196 Å².